The molecule has 0 unspecified atom stereocenters. The number of hydrogen-bond donors (Lipinski definition) is 1. The van der Waals surface area contributed by atoms with E-state index in [0.29, 0.717) is 24.3 Å². The van der Waals surface area contributed by atoms with Crippen LogP contribution in [-0.4, -0.2) is 34.9 Å². The molecule has 0 bridgehead atoms. The van der Waals surface area contributed by atoms with Crippen molar-refractivity contribution >= 4 is 28.5 Å². The van der Waals surface area contributed by atoms with Gasteiger partial charge in [0.25, 0.3) is 5.91 Å². The van der Waals surface area contributed by atoms with Crippen LogP contribution in [0.2, 0.25) is 0 Å². The summed E-state index contributed by atoms with van der Waals surface area (Å²) in [5.41, 5.74) is 4.91. The Bertz CT molecular complexity index is 933. The Kier molecular flexibility index (Phi) is 3.30. The van der Waals surface area contributed by atoms with Gasteiger partial charge in [-0.2, -0.15) is 0 Å². The molecule has 5 heteroatoms. The number of para-hydroxylation sites is 1. The van der Waals surface area contributed by atoms with Crippen LogP contribution >= 0.6 is 0 Å². The van der Waals surface area contributed by atoms with Crippen molar-refractivity contribution < 1.29 is 14.3 Å². The number of benzene rings is 1. The summed E-state index contributed by atoms with van der Waals surface area (Å²) < 4.78 is 5.03. The second-order valence-electron chi connectivity index (χ2n) is 6.02. The van der Waals surface area contributed by atoms with Crippen molar-refractivity contribution in [2.45, 2.75) is 20.3 Å². The van der Waals surface area contributed by atoms with Gasteiger partial charge in [-0.1, -0.05) is 18.2 Å². The Balaban J connectivity index is 1.85. The minimum atomic E-state index is -0.436. The lowest BCUT2D eigenvalue weighted by Gasteiger charge is -2.25. The summed E-state index contributed by atoms with van der Waals surface area (Å²) in [5.74, 6) is -0.561. The zero-order valence-corrected chi connectivity index (χ0v) is 13.7. The van der Waals surface area contributed by atoms with Crippen molar-refractivity contribution in [3.63, 3.8) is 0 Å². The van der Waals surface area contributed by atoms with Gasteiger partial charge in [-0.25, -0.2) is 4.79 Å². The van der Waals surface area contributed by atoms with Crippen molar-refractivity contribution in [3.8, 4) is 0 Å². The van der Waals surface area contributed by atoms with Gasteiger partial charge in [-0.05, 0) is 38.0 Å². The predicted molar refractivity (Wildman–Crippen MR) is 91.0 cm³/mol. The number of nitrogens with zero attached hydrogens (tertiary/aromatic N) is 1. The van der Waals surface area contributed by atoms with Gasteiger partial charge in [-0.3, -0.25) is 4.79 Å². The molecule has 1 N–H and O–H groups in total. The Labute approximate surface area is 139 Å². The lowest BCUT2D eigenvalue weighted by molar-refractivity contribution is -0.138. The van der Waals surface area contributed by atoms with E-state index in [4.69, 9.17) is 4.74 Å². The monoisotopic (exact) mass is 322 g/mol. The number of amides is 1. The standard InChI is InChI=1S/C19H18N2O3/c1-3-24-19(23)11(2)14-10-16-17-13(8-9-21(16)18(14)22)12-6-4-5-7-15(12)20-17/h4-7,10,20H,3,8-9H2,1-2H3/b14-11+. The second-order valence-corrected chi connectivity index (χ2v) is 6.02. The molecular weight excluding hydrogens is 304 g/mol. The Morgan fingerprint density at radius 1 is 1.33 bits per heavy atom. The lowest BCUT2D eigenvalue weighted by Crippen LogP contribution is -2.31. The molecule has 5 nitrogen and oxygen atoms in total. The van der Waals surface area contributed by atoms with Gasteiger partial charge in [0, 0.05) is 23.0 Å². The predicted octanol–water partition coefficient (Wildman–Crippen LogP) is 2.79. The Morgan fingerprint density at radius 2 is 2.12 bits per heavy atom. The molecule has 0 fully saturated rings. The zero-order valence-electron chi connectivity index (χ0n) is 13.7. The molecule has 2 aliphatic heterocycles. The first-order valence-corrected chi connectivity index (χ1v) is 8.13. The topological polar surface area (TPSA) is 62.4 Å². The van der Waals surface area contributed by atoms with Crippen molar-refractivity contribution in [1.29, 1.82) is 0 Å². The highest BCUT2D eigenvalue weighted by atomic mass is 16.5. The number of fused-ring (bicyclic) bond motifs is 5. The lowest BCUT2D eigenvalue weighted by atomic mass is 10.0. The van der Waals surface area contributed by atoms with Crippen LogP contribution in [0.4, 0.5) is 0 Å². The minimum Gasteiger partial charge on any atom is -0.463 e. The minimum absolute atomic E-state index is 0.125. The molecule has 2 aliphatic rings. The molecule has 0 atom stereocenters. The number of carbonyl (C=O) groups is 2. The van der Waals surface area contributed by atoms with Gasteiger partial charge in [0.05, 0.1) is 23.6 Å². The number of carbonyl (C=O) groups excluding carboxylic acids is 2. The van der Waals surface area contributed by atoms with E-state index in [1.165, 1.54) is 10.9 Å². The van der Waals surface area contributed by atoms with Crippen LogP contribution < -0.4 is 0 Å². The van der Waals surface area contributed by atoms with Crippen LogP contribution in [0.25, 0.3) is 16.6 Å². The van der Waals surface area contributed by atoms with E-state index in [9.17, 15) is 9.59 Å². The van der Waals surface area contributed by atoms with Crippen LogP contribution in [-0.2, 0) is 20.7 Å². The first kappa shape index (κ1) is 14.8. The summed E-state index contributed by atoms with van der Waals surface area (Å²) in [6, 6.07) is 8.15. The first-order chi connectivity index (χ1) is 11.6. The van der Waals surface area contributed by atoms with E-state index in [-0.39, 0.29) is 5.91 Å². The van der Waals surface area contributed by atoms with Crippen LogP contribution in [0.5, 0.6) is 0 Å². The van der Waals surface area contributed by atoms with E-state index in [1.807, 2.05) is 24.3 Å². The third-order valence-corrected chi connectivity index (χ3v) is 4.69. The number of H-pyrrole nitrogens is 1. The third-order valence-electron chi connectivity index (χ3n) is 4.69. The maximum atomic E-state index is 12.7. The van der Waals surface area contributed by atoms with E-state index in [0.717, 1.165) is 23.3 Å². The number of esters is 1. The first-order valence-electron chi connectivity index (χ1n) is 8.13. The Hall–Kier alpha value is -2.82. The molecule has 4 rings (SSSR count). The molecular formula is C19H18N2O3. The SMILES string of the molecule is CCOC(=O)/C(C)=C1\C=C2c3[nH]c4ccccc4c3CCN2C1=O. The highest BCUT2D eigenvalue weighted by Crippen LogP contribution is 2.39. The summed E-state index contributed by atoms with van der Waals surface area (Å²) in [4.78, 5) is 29.9. The summed E-state index contributed by atoms with van der Waals surface area (Å²) in [6.07, 6.45) is 2.61. The maximum absolute atomic E-state index is 12.7. The largest absolute Gasteiger partial charge is 0.463 e. The van der Waals surface area contributed by atoms with Crippen molar-refractivity contribution in [3.05, 3.63) is 52.7 Å². The maximum Gasteiger partial charge on any atom is 0.334 e. The van der Waals surface area contributed by atoms with Crippen LogP contribution in [0.3, 0.4) is 0 Å². The van der Waals surface area contributed by atoms with Gasteiger partial charge < -0.3 is 14.6 Å². The summed E-state index contributed by atoms with van der Waals surface area (Å²) in [5, 5.41) is 1.19. The number of ether oxygens (including phenoxy) is 1. The fraction of sp³-hybridized carbons (Fsp3) is 0.263. The quantitative estimate of drug-likeness (QED) is 0.683. The van der Waals surface area contributed by atoms with Gasteiger partial charge in [-0.15, -0.1) is 0 Å². The summed E-state index contributed by atoms with van der Waals surface area (Å²) in [6.45, 7) is 4.32. The second kappa shape index (κ2) is 5.37. The molecule has 1 aromatic carbocycles. The number of aromatic nitrogens is 1. The van der Waals surface area contributed by atoms with Crippen LogP contribution in [0.15, 0.2) is 41.5 Å². The van der Waals surface area contributed by atoms with E-state index >= 15 is 0 Å². The molecule has 0 aliphatic carbocycles. The van der Waals surface area contributed by atoms with Gasteiger partial charge in [0.1, 0.15) is 0 Å². The van der Waals surface area contributed by atoms with Crippen molar-refractivity contribution in [1.82, 2.24) is 9.88 Å². The molecule has 0 saturated carbocycles. The molecule has 1 aromatic heterocycles. The average molecular weight is 322 g/mol. The molecule has 122 valence electrons. The smallest absolute Gasteiger partial charge is 0.334 e. The van der Waals surface area contributed by atoms with E-state index < -0.39 is 5.97 Å². The highest BCUT2D eigenvalue weighted by molar-refractivity contribution is 6.13. The molecule has 0 saturated heterocycles. The molecule has 3 heterocycles. The van der Waals surface area contributed by atoms with E-state index in [2.05, 4.69) is 11.1 Å². The molecule has 2 aromatic rings. The van der Waals surface area contributed by atoms with Gasteiger partial charge >= 0.3 is 5.97 Å². The Morgan fingerprint density at radius 3 is 2.92 bits per heavy atom. The summed E-state index contributed by atoms with van der Waals surface area (Å²) >= 11 is 0. The van der Waals surface area contributed by atoms with Crippen LogP contribution in [0.1, 0.15) is 25.1 Å². The molecule has 1 amide bonds. The van der Waals surface area contributed by atoms with Gasteiger partial charge in [0.2, 0.25) is 0 Å². The van der Waals surface area contributed by atoms with Crippen molar-refractivity contribution in [2.24, 2.45) is 0 Å². The third kappa shape index (κ3) is 2.01. The number of hydrogen-bond acceptors (Lipinski definition) is 3. The number of nitrogens with one attached hydrogen (secondary N) is 1. The molecule has 0 spiro atoms. The van der Waals surface area contributed by atoms with Crippen molar-refractivity contribution in [2.75, 3.05) is 13.2 Å². The normalized spacial score (nSPS) is 18.3. The fourth-order valence-electron chi connectivity index (χ4n) is 3.48. The molecule has 24 heavy (non-hydrogen) atoms. The van der Waals surface area contributed by atoms with Crippen LogP contribution in [0, 0.1) is 0 Å². The summed E-state index contributed by atoms with van der Waals surface area (Å²) in [7, 11) is 0. The number of rotatable bonds is 2. The zero-order chi connectivity index (χ0) is 16.8. The van der Waals surface area contributed by atoms with Gasteiger partial charge in [0.15, 0.2) is 0 Å². The number of aromatic amines is 1. The molecule has 0 radical (unpaired) electrons. The fourth-order valence-corrected chi connectivity index (χ4v) is 3.48. The van der Waals surface area contributed by atoms with E-state index in [1.54, 1.807) is 18.7 Å². The highest BCUT2D eigenvalue weighted by Gasteiger charge is 2.36. The average Bonchev–Trinajstić information content (AvgIpc) is 3.12.